The van der Waals surface area contributed by atoms with Crippen LogP contribution in [0.1, 0.15) is 52.0 Å². The Morgan fingerprint density at radius 1 is 1.23 bits per heavy atom. The van der Waals surface area contributed by atoms with Gasteiger partial charge in [-0.2, -0.15) is 0 Å². The van der Waals surface area contributed by atoms with Gasteiger partial charge < -0.3 is 14.5 Å². The molecule has 162 valence electrons. The van der Waals surface area contributed by atoms with Gasteiger partial charge in [-0.15, -0.1) is 0 Å². The van der Waals surface area contributed by atoms with Crippen molar-refractivity contribution in [3.63, 3.8) is 0 Å². The molecule has 6 nitrogen and oxygen atoms in total. The SMILES string of the molecule is C=C1NC2=C(C(=O)CC(C)(C)C2)C(c2coc3ccccc3c2=O)C1C(=O)OC(C)C. The molecule has 2 aromatic rings. The highest BCUT2D eigenvalue weighted by molar-refractivity contribution is 6.01. The first kappa shape index (κ1) is 21.1. The number of esters is 1. The van der Waals surface area contributed by atoms with Crippen molar-refractivity contribution in [1.29, 1.82) is 0 Å². The highest BCUT2D eigenvalue weighted by Gasteiger charge is 2.48. The summed E-state index contributed by atoms with van der Waals surface area (Å²) in [5.41, 5.74) is 1.84. The summed E-state index contributed by atoms with van der Waals surface area (Å²) in [4.78, 5) is 39.8. The van der Waals surface area contributed by atoms with Gasteiger partial charge in [0.1, 0.15) is 11.5 Å². The summed E-state index contributed by atoms with van der Waals surface area (Å²) in [6, 6.07) is 6.94. The fourth-order valence-electron chi connectivity index (χ4n) is 4.67. The third-order valence-electron chi connectivity index (χ3n) is 5.90. The molecule has 2 atom stereocenters. The fourth-order valence-corrected chi connectivity index (χ4v) is 4.67. The van der Waals surface area contributed by atoms with E-state index in [1.54, 1.807) is 38.1 Å². The lowest BCUT2D eigenvalue weighted by molar-refractivity contribution is -0.151. The van der Waals surface area contributed by atoms with E-state index >= 15 is 0 Å². The maximum atomic E-state index is 13.4. The number of benzene rings is 1. The Kier molecular flexibility index (Phi) is 5.12. The number of carbonyl (C=O) groups is 2. The number of nitrogens with one attached hydrogen (secondary N) is 1. The van der Waals surface area contributed by atoms with E-state index in [0.29, 0.717) is 35.1 Å². The zero-order valence-corrected chi connectivity index (χ0v) is 18.3. The van der Waals surface area contributed by atoms with E-state index in [9.17, 15) is 14.4 Å². The van der Waals surface area contributed by atoms with Crippen LogP contribution < -0.4 is 10.7 Å². The predicted molar refractivity (Wildman–Crippen MR) is 117 cm³/mol. The summed E-state index contributed by atoms with van der Waals surface area (Å²) in [5, 5.41) is 3.60. The molecule has 1 aliphatic carbocycles. The monoisotopic (exact) mass is 421 g/mol. The van der Waals surface area contributed by atoms with Crippen LogP contribution in [0.25, 0.3) is 11.0 Å². The van der Waals surface area contributed by atoms with Crippen LogP contribution in [0.5, 0.6) is 0 Å². The maximum Gasteiger partial charge on any atom is 0.316 e. The third kappa shape index (κ3) is 3.71. The quantitative estimate of drug-likeness (QED) is 0.748. The molecule has 0 saturated heterocycles. The zero-order chi connectivity index (χ0) is 22.5. The van der Waals surface area contributed by atoms with Gasteiger partial charge in [0.2, 0.25) is 0 Å². The van der Waals surface area contributed by atoms with Crippen molar-refractivity contribution in [3.8, 4) is 0 Å². The smallest absolute Gasteiger partial charge is 0.316 e. The summed E-state index contributed by atoms with van der Waals surface area (Å²) in [6.07, 6.45) is 1.99. The van der Waals surface area contributed by atoms with Crippen LogP contribution in [-0.4, -0.2) is 17.9 Å². The molecule has 1 aromatic carbocycles. The van der Waals surface area contributed by atoms with Crippen LogP contribution in [0.15, 0.2) is 63.3 Å². The topological polar surface area (TPSA) is 85.6 Å². The number of hydrogen-bond donors (Lipinski definition) is 1. The average Bonchev–Trinajstić information content (AvgIpc) is 2.65. The predicted octanol–water partition coefficient (Wildman–Crippen LogP) is 4.20. The van der Waals surface area contributed by atoms with E-state index in [-0.39, 0.29) is 28.3 Å². The van der Waals surface area contributed by atoms with E-state index in [0.717, 1.165) is 5.70 Å². The van der Waals surface area contributed by atoms with Crippen LogP contribution in [0.4, 0.5) is 0 Å². The Bertz CT molecular complexity index is 1180. The second-order valence-corrected chi connectivity index (χ2v) is 9.44. The number of Topliss-reactive ketones (excluding diaryl/α,β-unsaturated/α-hetero) is 1. The molecule has 1 N–H and O–H groups in total. The van der Waals surface area contributed by atoms with Gasteiger partial charge in [0.05, 0.1) is 17.8 Å². The van der Waals surface area contributed by atoms with Gasteiger partial charge in [-0.1, -0.05) is 32.6 Å². The van der Waals surface area contributed by atoms with E-state index < -0.39 is 17.8 Å². The summed E-state index contributed by atoms with van der Waals surface area (Å²) in [6.45, 7) is 11.6. The molecule has 31 heavy (non-hydrogen) atoms. The first-order chi connectivity index (χ1) is 14.6. The minimum Gasteiger partial charge on any atom is -0.464 e. The lowest BCUT2D eigenvalue weighted by Crippen LogP contribution is -2.45. The summed E-state index contributed by atoms with van der Waals surface area (Å²) >= 11 is 0. The molecular formula is C25H27NO5. The van der Waals surface area contributed by atoms with Gasteiger partial charge >= 0.3 is 5.97 Å². The van der Waals surface area contributed by atoms with Crippen molar-refractivity contribution < 1.29 is 18.7 Å². The van der Waals surface area contributed by atoms with Crippen LogP contribution in [0, 0.1) is 11.3 Å². The molecular weight excluding hydrogens is 394 g/mol. The van der Waals surface area contributed by atoms with E-state index in [2.05, 4.69) is 11.9 Å². The fraction of sp³-hybridized carbons (Fsp3) is 0.400. The van der Waals surface area contributed by atoms with Crippen molar-refractivity contribution in [2.24, 2.45) is 11.3 Å². The van der Waals surface area contributed by atoms with Crippen LogP contribution in [0.2, 0.25) is 0 Å². The number of fused-ring (bicyclic) bond motifs is 1. The molecule has 6 heteroatoms. The van der Waals surface area contributed by atoms with Crippen molar-refractivity contribution in [2.75, 3.05) is 0 Å². The zero-order valence-electron chi connectivity index (χ0n) is 18.3. The first-order valence-electron chi connectivity index (χ1n) is 10.5. The van der Waals surface area contributed by atoms with E-state index in [1.165, 1.54) is 6.26 Å². The number of rotatable bonds is 3. The van der Waals surface area contributed by atoms with E-state index in [1.807, 2.05) is 13.8 Å². The number of allylic oxidation sites excluding steroid dienone is 2. The highest BCUT2D eigenvalue weighted by atomic mass is 16.5. The second kappa shape index (κ2) is 7.52. The maximum absolute atomic E-state index is 13.4. The number of carbonyl (C=O) groups excluding carboxylic acids is 2. The van der Waals surface area contributed by atoms with Gasteiger partial charge in [0.15, 0.2) is 11.2 Å². The molecule has 0 spiro atoms. The normalized spacial score (nSPS) is 23.0. The van der Waals surface area contributed by atoms with Gasteiger partial charge in [-0.05, 0) is 37.8 Å². The number of hydrogen-bond acceptors (Lipinski definition) is 6. The molecule has 2 unspecified atom stereocenters. The summed E-state index contributed by atoms with van der Waals surface area (Å²) < 4.78 is 11.2. The minimum absolute atomic E-state index is 0.0776. The molecule has 0 saturated carbocycles. The summed E-state index contributed by atoms with van der Waals surface area (Å²) in [5.74, 6) is -2.31. The Balaban J connectivity index is 1.95. The van der Waals surface area contributed by atoms with Gasteiger partial charge in [0, 0.05) is 34.9 Å². The van der Waals surface area contributed by atoms with Crippen molar-refractivity contribution >= 4 is 22.7 Å². The van der Waals surface area contributed by atoms with Crippen LogP contribution in [-0.2, 0) is 14.3 Å². The first-order valence-corrected chi connectivity index (χ1v) is 10.5. The largest absolute Gasteiger partial charge is 0.464 e. The summed E-state index contributed by atoms with van der Waals surface area (Å²) in [7, 11) is 0. The molecule has 0 bridgehead atoms. The van der Waals surface area contributed by atoms with Gasteiger partial charge in [-0.3, -0.25) is 14.4 Å². The standard InChI is InChI=1S/C25H27NO5/c1-13(2)31-24(29)20-14(3)26-17-10-25(4,5)11-18(27)22(17)21(20)16-12-30-19-9-7-6-8-15(19)23(16)28/h6-9,12-13,20-21,26H,3,10-11H2,1-2,4-5H3. The lowest BCUT2D eigenvalue weighted by atomic mass is 9.66. The Hall–Kier alpha value is -3.15. The van der Waals surface area contributed by atoms with Crippen LogP contribution >= 0.6 is 0 Å². The van der Waals surface area contributed by atoms with Crippen molar-refractivity contribution in [1.82, 2.24) is 5.32 Å². The third-order valence-corrected chi connectivity index (χ3v) is 5.90. The molecule has 1 aliphatic heterocycles. The van der Waals surface area contributed by atoms with Crippen molar-refractivity contribution in [2.45, 2.75) is 52.6 Å². The molecule has 2 heterocycles. The van der Waals surface area contributed by atoms with Gasteiger partial charge in [0.25, 0.3) is 0 Å². The van der Waals surface area contributed by atoms with E-state index in [4.69, 9.17) is 9.15 Å². The Morgan fingerprint density at radius 3 is 2.65 bits per heavy atom. The minimum atomic E-state index is -0.907. The molecule has 0 radical (unpaired) electrons. The number of para-hydroxylation sites is 1. The second-order valence-electron chi connectivity index (χ2n) is 9.44. The lowest BCUT2D eigenvalue weighted by Gasteiger charge is -2.42. The Morgan fingerprint density at radius 2 is 1.94 bits per heavy atom. The molecule has 2 aliphatic rings. The van der Waals surface area contributed by atoms with Crippen LogP contribution in [0.3, 0.4) is 0 Å². The molecule has 0 amide bonds. The highest BCUT2D eigenvalue weighted by Crippen LogP contribution is 2.47. The number of ether oxygens (including phenoxy) is 1. The molecule has 1 aromatic heterocycles. The average molecular weight is 421 g/mol. The molecule has 4 rings (SSSR count). The molecule has 0 fully saturated rings. The van der Waals surface area contributed by atoms with Gasteiger partial charge in [-0.25, -0.2) is 0 Å². The van der Waals surface area contributed by atoms with Crippen molar-refractivity contribution in [3.05, 3.63) is 69.9 Å². The Labute approximate surface area is 181 Å². The number of ketones is 1.